The fraction of sp³-hybridized carbons (Fsp3) is 0.211. The van der Waals surface area contributed by atoms with Crippen molar-refractivity contribution in [2.24, 2.45) is 0 Å². The predicted octanol–water partition coefficient (Wildman–Crippen LogP) is 3.00. The largest absolute Gasteiger partial charge is 0.452 e. The van der Waals surface area contributed by atoms with Crippen molar-refractivity contribution in [2.75, 3.05) is 25.5 Å². The Hall–Kier alpha value is -2.87. The van der Waals surface area contributed by atoms with E-state index in [0.29, 0.717) is 16.1 Å². The molecule has 0 spiro atoms. The Morgan fingerprint density at radius 2 is 1.89 bits per heavy atom. The molecule has 0 unspecified atom stereocenters. The van der Waals surface area contributed by atoms with Crippen LogP contribution in [0.2, 0.25) is 0 Å². The van der Waals surface area contributed by atoms with Crippen LogP contribution in [-0.4, -0.2) is 42.9 Å². The monoisotopic (exact) mass is 434 g/mol. The van der Waals surface area contributed by atoms with E-state index in [0.717, 1.165) is 11.6 Å². The minimum Gasteiger partial charge on any atom is -0.452 e. The summed E-state index contributed by atoms with van der Waals surface area (Å²) < 4.78 is 10.6. The van der Waals surface area contributed by atoms with Gasteiger partial charge in [-0.25, -0.2) is 4.79 Å². The Morgan fingerprint density at radius 1 is 1.19 bits per heavy atom. The predicted molar refractivity (Wildman–Crippen MR) is 104 cm³/mol. The molecule has 0 aliphatic carbocycles. The number of ether oxygens (including phenoxy) is 1. The first-order chi connectivity index (χ1) is 12.8. The fourth-order valence-corrected chi connectivity index (χ4v) is 2.32. The first-order valence-corrected chi connectivity index (χ1v) is 8.83. The topological polar surface area (TPSA) is 88.9 Å². The summed E-state index contributed by atoms with van der Waals surface area (Å²) in [4.78, 5) is 36.8. The molecule has 0 aliphatic heterocycles. The molecule has 8 heteroatoms. The van der Waals surface area contributed by atoms with Gasteiger partial charge in [0.15, 0.2) is 11.3 Å². The molecule has 27 heavy (non-hydrogen) atoms. The molecular formula is C19H19BrN2O5. The van der Waals surface area contributed by atoms with E-state index in [1.54, 1.807) is 24.3 Å². The molecule has 1 N–H and O–H groups in total. The van der Waals surface area contributed by atoms with E-state index in [2.05, 4.69) is 21.2 Å². The minimum absolute atomic E-state index is 0.152. The number of hydrogen-bond acceptors (Lipinski definition) is 5. The summed E-state index contributed by atoms with van der Waals surface area (Å²) in [6, 6.07) is 10.7. The van der Waals surface area contributed by atoms with Gasteiger partial charge in [-0.3, -0.25) is 9.59 Å². The molecule has 7 nitrogen and oxygen atoms in total. The lowest BCUT2D eigenvalue weighted by molar-refractivity contribution is -0.148. The average molecular weight is 435 g/mol. The Morgan fingerprint density at radius 3 is 2.52 bits per heavy atom. The van der Waals surface area contributed by atoms with E-state index in [-0.39, 0.29) is 12.5 Å². The van der Waals surface area contributed by atoms with Crippen molar-refractivity contribution in [3.8, 4) is 0 Å². The van der Waals surface area contributed by atoms with Crippen molar-refractivity contribution in [3.05, 3.63) is 58.5 Å². The molecule has 0 bridgehead atoms. The zero-order chi connectivity index (χ0) is 19.8. The number of aryl methyl sites for hydroxylation is 1. The van der Waals surface area contributed by atoms with Crippen LogP contribution in [-0.2, 0) is 19.1 Å². The highest BCUT2D eigenvalue weighted by Crippen LogP contribution is 2.15. The van der Waals surface area contributed by atoms with Crippen LogP contribution in [0.3, 0.4) is 0 Å². The van der Waals surface area contributed by atoms with Gasteiger partial charge in [0.2, 0.25) is 5.91 Å². The first kappa shape index (κ1) is 20.4. The van der Waals surface area contributed by atoms with Crippen molar-refractivity contribution < 1.29 is 23.5 Å². The lowest BCUT2D eigenvalue weighted by Gasteiger charge is -2.16. The number of anilines is 1. The number of furan rings is 1. The molecule has 1 heterocycles. The lowest BCUT2D eigenvalue weighted by atomic mass is 10.2. The molecular weight excluding hydrogens is 416 g/mol. The zero-order valence-corrected chi connectivity index (χ0v) is 16.5. The van der Waals surface area contributed by atoms with E-state index in [1.807, 2.05) is 19.1 Å². The molecule has 142 valence electrons. The van der Waals surface area contributed by atoms with Gasteiger partial charge in [-0.05, 0) is 53.2 Å². The van der Waals surface area contributed by atoms with E-state index in [1.165, 1.54) is 18.0 Å². The summed E-state index contributed by atoms with van der Waals surface area (Å²) in [5, 5.41) is 2.69. The van der Waals surface area contributed by atoms with Gasteiger partial charge in [-0.2, -0.15) is 0 Å². The normalized spacial score (nSPS) is 10.6. The van der Waals surface area contributed by atoms with Gasteiger partial charge in [-0.1, -0.05) is 17.7 Å². The van der Waals surface area contributed by atoms with E-state index in [4.69, 9.17) is 9.15 Å². The molecule has 0 fully saturated rings. The molecule has 2 amide bonds. The third-order valence-corrected chi connectivity index (χ3v) is 3.88. The van der Waals surface area contributed by atoms with Crippen molar-refractivity contribution in [1.29, 1.82) is 0 Å². The van der Waals surface area contributed by atoms with Crippen LogP contribution in [0.4, 0.5) is 5.69 Å². The van der Waals surface area contributed by atoms with Crippen molar-refractivity contribution in [2.45, 2.75) is 6.92 Å². The fourth-order valence-electron chi connectivity index (χ4n) is 2.00. The number of halogens is 1. The molecule has 0 saturated carbocycles. The van der Waals surface area contributed by atoms with Crippen LogP contribution in [0.15, 0.2) is 51.6 Å². The quantitative estimate of drug-likeness (QED) is 0.534. The van der Waals surface area contributed by atoms with Crippen LogP contribution in [0.25, 0.3) is 6.08 Å². The van der Waals surface area contributed by atoms with Gasteiger partial charge < -0.3 is 19.4 Å². The number of benzene rings is 1. The average Bonchev–Trinajstić information content (AvgIpc) is 3.05. The third kappa shape index (κ3) is 7.10. The first-order valence-electron chi connectivity index (χ1n) is 8.04. The summed E-state index contributed by atoms with van der Waals surface area (Å²) in [6.45, 7) is 1.34. The maximum absolute atomic E-state index is 12.0. The highest BCUT2D eigenvalue weighted by Gasteiger charge is 2.14. The van der Waals surface area contributed by atoms with E-state index < -0.39 is 18.5 Å². The number of nitrogens with zero attached hydrogens (tertiary/aromatic N) is 1. The van der Waals surface area contributed by atoms with Crippen molar-refractivity contribution in [3.63, 3.8) is 0 Å². The van der Waals surface area contributed by atoms with Crippen molar-refractivity contribution in [1.82, 2.24) is 4.90 Å². The van der Waals surface area contributed by atoms with Crippen LogP contribution in [0, 0.1) is 6.92 Å². The number of rotatable bonds is 7. The maximum atomic E-state index is 12.0. The molecule has 0 atom stereocenters. The highest BCUT2D eigenvalue weighted by atomic mass is 79.9. The lowest BCUT2D eigenvalue weighted by Crippen LogP contribution is -2.37. The maximum Gasteiger partial charge on any atom is 0.331 e. The Balaban J connectivity index is 1.74. The van der Waals surface area contributed by atoms with Crippen molar-refractivity contribution >= 4 is 45.5 Å². The van der Waals surface area contributed by atoms with Gasteiger partial charge in [-0.15, -0.1) is 0 Å². The number of hydrogen-bond donors (Lipinski definition) is 1. The molecule has 0 aliphatic rings. The van der Waals surface area contributed by atoms with Gasteiger partial charge in [0, 0.05) is 18.8 Å². The highest BCUT2D eigenvalue weighted by molar-refractivity contribution is 9.10. The molecule has 0 saturated heterocycles. The molecule has 1 aromatic heterocycles. The minimum atomic E-state index is -0.687. The van der Waals surface area contributed by atoms with Crippen LogP contribution in [0.5, 0.6) is 0 Å². The summed E-state index contributed by atoms with van der Waals surface area (Å²) >= 11 is 3.15. The van der Waals surface area contributed by atoms with Gasteiger partial charge in [0.1, 0.15) is 5.76 Å². The summed E-state index contributed by atoms with van der Waals surface area (Å²) in [7, 11) is 1.46. The molecule has 2 aromatic rings. The number of carbonyl (C=O) groups excluding carboxylic acids is 3. The summed E-state index contributed by atoms with van der Waals surface area (Å²) in [6.07, 6.45) is 2.58. The Bertz CT molecular complexity index is 842. The van der Waals surface area contributed by atoms with E-state index in [9.17, 15) is 14.4 Å². The number of esters is 1. The van der Waals surface area contributed by atoms with Gasteiger partial charge in [0.05, 0.1) is 6.54 Å². The summed E-state index contributed by atoms with van der Waals surface area (Å²) in [5.74, 6) is -1.05. The van der Waals surface area contributed by atoms with Gasteiger partial charge >= 0.3 is 5.97 Å². The molecule has 2 rings (SSSR count). The van der Waals surface area contributed by atoms with Crippen LogP contribution < -0.4 is 5.32 Å². The molecule has 1 aromatic carbocycles. The Labute approximate surface area is 165 Å². The summed E-state index contributed by atoms with van der Waals surface area (Å²) in [5.41, 5.74) is 1.73. The number of nitrogens with one attached hydrogen (secondary N) is 1. The van der Waals surface area contributed by atoms with E-state index >= 15 is 0 Å². The zero-order valence-electron chi connectivity index (χ0n) is 14.9. The third-order valence-electron chi connectivity index (χ3n) is 3.46. The SMILES string of the molecule is Cc1ccc(NC(=O)CN(C)C(=O)COC(=O)/C=C/c2ccc(Br)o2)cc1. The standard InChI is InChI=1S/C19H19BrN2O5/c1-13-3-5-14(6-4-13)21-17(23)11-22(2)18(24)12-26-19(25)10-8-15-7-9-16(20)27-15/h3-10H,11-12H2,1-2H3,(H,21,23)/b10-8+. The second-order valence-electron chi connectivity index (χ2n) is 5.75. The second-order valence-corrected chi connectivity index (χ2v) is 6.53. The number of amides is 2. The van der Waals surface area contributed by atoms with Gasteiger partial charge in [0.25, 0.3) is 5.91 Å². The smallest absolute Gasteiger partial charge is 0.331 e. The molecule has 0 radical (unpaired) electrons. The Kier molecular flexibility index (Phi) is 7.36. The number of carbonyl (C=O) groups is 3. The van der Waals surface area contributed by atoms with Crippen LogP contribution in [0.1, 0.15) is 11.3 Å². The van der Waals surface area contributed by atoms with Crippen LogP contribution >= 0.6 is 15.9 Å². The second kappa shape index (κ2) is 9.72. The number of likely N-dealkylation sites (N-methyl/N-ethyl adjacent to an activating group) is 1.